The predicted molar refractivity (Wildman–Crippen MR) is 214 cm³/mol. The molecule has 3 aromatic rings. The van der Waals surface area contributed by atoms with Crippen molar-refractivity contribution in [3.8, 4) is 0 Å². The van der Waals surface area contributed by atoms with Crippen molar-refractivity contribution < 1.29 is 4.57 Å². The summed E-state index contributed by atoms with van der Waals surface area (Å²) in [5.74, 6) is 1.87. The molecule has 2 atom stereocenters. The number of nitrogens with one attached hydrogen (secondary N) is 1. The molecule has 2 aromatic carbocycles. The first-order chi connectivity index (χ1) is 24.2. The van der Waals surface area contributed by atoms with E-state index in [9.17, 15) is 0 Å². The molecule has 2 nitrogen and oxygen atoms in total. The molecule has 2 unspecified atom stereocenters. The van der Waals surface area contributed by atoms with Crippen molar-refractivity contribution in [3.05, 3.63) is 90.0 Å². The van der Waals surface area contributed by atoms with E-state index in [0.717, 1.165) is 13.0 Å². The summed E-state index contributed by atoms with van der Waals surface area (Å²) in [6.45, 7) is 8.29. The van der Waals surface area contributed by atoms with E-state index in [4.69, 9.17) is 0 Å². The second-order valence-corrected chi connectivity index (χ2v) is 15.6. The summed E-state index contributed by atoms with van der Waals surface area (Å²) in [4.78, 5) is 3.81. The van der Waals surface area contributed by atoms with Crippen LogP contribution in [0.3, 0.4) is 0 Å². The Bertz CT molecular complexity index is 1150. The molecule has 0 aliphatic rings. The molecule has 0 radical (unpaired) electrons. The molecule has 1 N–H and O–H groups in total. The molecule has 49 heavy (non-hydrogen) atoms. The van der Waals surface area contributed by atoms with E-state index in [-0.39, 0.29) is 5.41 Å². The van der Waals surface area contributed by atoms with Crippen molar-refractivity contribution in [1.82, 2.24) is 4.98 Å². The van der Waals surface area contributed by atoms with Crippen LogP contribution < -0.4 is 4.57 Å². The highest BCUT2D eigenvalue weighted by molar-refractivity contribution is 5.32. The minimum absolute atomic E-state index is 0.00494. The quantitative estimate of drug-likeness (QED) is 0.0519. The first-order valence-electron chi connectivity index (χ1n) is 21.3. The van der Waals surface area contributed by atoms with Crippen LogP contribution in [0.5, 0.6) is 0 Å². The normalized spacial score (nSPS) is 13.4. The third kappa shape index (κ3) is 16.5. The molecule has 0 aliphatic carbocycles. The zero-order valence-electron chi connectivity index (χ0n) is 32.5. The Kier molecular flexibility index (Phi) is 22.2. The summed E-state index contributed by atoms with van der Waals surface area (Å²) >= 11 is 0. The molecule has 0 saturated heterocycles. The molecule has 0 aliphatic heterocycles. The van der Waals surface area contributed by atoms with Crippen LogP contribution in [-0.2, 0) is 18.4 Å². The van der Waals surface area contributed by atoms with E-state index in [1.54, 1.807) is 0 Å². The van der Waals surface area contributed by atoms with Gasteiger partial charge in [0.25, 0.3) is 5.82 Å². The van der Waals surface area contributed by atoms with Crippen LogP contribution in [0.2, 0.25) is 0 Å². The highest BCUT2D eigenvalue weighted by Gasteiger charge is 2.41. The smallest absolute Gasteiger partial charge is 0.247 e. The van der Waals surface area contributed by atoms with E-state index >= 15 is 0 Å². The Morgan fingerprint density at radius 2 is 0.959 bits per heavy atom. The third-order valence-electron chi connectivity index (χ3n) is 11.3. The number of H-pyrrole nitrogens is 1. The topological polar surface area (TPSA) is 19.7 Å². The SMILES string of the molecule is CCCCCCCCCCCCCCCCCC[n+]1cc[nH]c1C(CCCCCCCCCC)C(C)(Cc1ccccc1)c1ccccc1. The summed E-state index contributed by atoms with van der Waals surface area (Å²) in [7, 11) is 0. The Morgan fingerprint density at radius 3 is 1.45 bits per heavy atom. The number of aryl methyl sites for hydroxylation is 1. The van der Waals surface area contributed by atoms with Crippen LogP contribution in [0.15, 0.2) is 73.1 Å². The molecule has 1 heterocycles. The monoisotopic (exact) mass is 670 g/mol. The van der Waals surface area contributed by atoms with Gasteiger partial charge in [-0.25, -0.2) is 9.55 Å². The number of benzene rings is 2. The first-order valence-corrected chi connectivity index (χ1v) is 21.3. The number of hydrogen-bond donors (Lipinski definition) is 1. The van der Waals surface area contributed by atoms with Gasteiger partial charge in [-0.05, 0) is 36.8 Å². The van der Waals surface area contributed by atoms with E-state index in [0.29, 0.717) is 5.92 Å². The number of aromatic amines is 1. The fourth-order valence-corrected chi connectivity index (χ4v) is 8.21. The van der Waals surface area contributed by atoms with Crippen molar-refractivity contribution in [2.45, 2.75) is 206 Å². The second-order valence-electron chi connectivity index (χ2n) is 15.6. The lowest BCUT2D eigenvalue weighted by molar-refractivity contribution is -0.705. The molecular weight excluding hydrogens is 593 g/mol. The minimum atomic E-state index is 0.00494. The average Bonchev–Trinajstić information content (AvgIpc) is 3.59. The lowest BCUT2D eigenvalue weighted by atomic mass is 9.66. The van der Waals surface area contributed by atoms with Crippen LogP contribution >= 0.6 is 0 Å². The van der Waals surface area contributed by atoms with Gasteiger partial charge in [0.2, 0.25) is 0 Å². The molecule has 0 saturated carbocycles. The number of rotatable bonds is 31. The highest BCUT2D eigenvalue weighted by atomic mass is 15.1. The maximum Gasteiger partial charge on any atom is 0.258 e. The van der Waals surface area contributed by atoms with Gasteiger partial charge >= 0.3 is 0 Å². The molecular formula is C47H77N2+. The van der Waals surface area contributed by atoms with Crippen LogP contribution in [0, 0.1) is 0 Å². The van der Waals surface area contributed by atoms with E-state index in [2.05, 4.69) is 103 Å². The van der Waals surface area contributed by atoms with Gasteiger partial charge in [0.1, 0.15) is 12.4 Å². The van der Waals surface area contributed by atoms with Gasteiger partial charge < -0.3 is 0 Å². The van der Waals surface area contributed by atoms with E-state index < -0.39 is 0 Å². The molecule has 274 valence electrons. The number of nitrogens with zero attached hydrogens (tertiary/aromatic N) is 1. The van der Waals surface area contributed by atoms with E-state index in [1.165, 1.54) is 177 Å². The Hall–Kier alpha value is -2.35. The van der Waals surface area contributed by atoms with Gasteiger partial charge in [0.05, 0.1) is 12.5 Å². The van der Waals surface area contributed by atoms with Crippen molar-refractivity contribution in [2.75, 3.05) is 0 Å². The van der Waals surface area contributed by atoms with Crippen LogP contribution in [0.4, 0.5) is 0 Å². The zero-order chi connectivity index (χ0) is 34.7. The van der Waals surface area contributed by atoms with Crippen molar-refractivity contribution in [3.63, 3.8) is 0 Å². The molecule has 0 bridgehead atoms. The average molecular weight is 670 g/mol. The lowest BCUT2D eigenvalue weighted by Gasteiger charge is -2.37. The highest BCUT2D eigenvalue weighted by Crippen LogP contribution is 2.43. The van der Waals surface area contributed by atoms with Crippen molar-refractivity contribution >= 4 is 0 Å². The van der Waals surface area contributed by atoms with Crippen molar-refractivity contribution in [1.29, 1.82) is 0 Å². The van der Waals surface area contributed by atoms with E-state index in [1.807, 2.05) is 0 Å². The standard InChI is InChI=1S/C47H76N2/c1-4-6-8-10-12-14-15-16-17-18-19-20-21-23-25-33-40-49-41-39-48-46(49)45(38-32-24-22-13-11-9-7-5-2)47(3,44-36-30-27-31-37-44)42-43-34-28-26-29-35-43/h26-31,34-37,39,41,45H,4-25,32-33,38,40,42H2,1-3H3/p+1. The van der Waals surface area contributed by atoms with Gasteiger partial charge in [0, 0.05) is 5.41 Å². The maximum atomic E-state index is 3.81. The van der Waals surface area contributed by atoms with Crippen LogP contribution in [0.1, 0.15) is 204 Å². The predicted octanol–water partition coefficient (Wildman–Crippen LogP) is 14.4. The molecule has 0 amide bonds. The zero-order valence-corrected chi connectivity index (χ0v) is 32.5. The maximum absolute atomic E-state index is 3.81. The molecule has 0 fully saturated rings. The Labute approximate surface area is 304 Å². The second kappa shape index (κ2) is 26.5. The lowest BCUT2D eigenvalue weighted by Crippen LogP contribution is -2.43. The molecule has 2 heteroatoms. The van der Waals surface area contributed by atoms with Gasteiger partial charge in [-0.2, -0.15) is 0 Å². The Balaban J connectivity index is 1.51. The third-order valence-corrected chi connectivity index (χ3v) is 11.3. The molecule has 3 rings (SSSR count). The molecule has 1 aromatic heterocycles. The van der Waals surface area contributed by atoms with Gasteiger partial charge in [0.15, 0.2) is 0 Å². The first kappa shape index (κ1) is 41.1. The molecule has 0 spiro atoms. The van der Waals surface area contributed by atoms with Crippen molar-refractivity contribution in [2.24, 2.45) is 0 Å². The van der Waals surface area contributed by atoms with Gasteiger partial charge in [-0.1, -0.05) is 223 Å². The fraction of sp³-hybridized carbons (Fsp3) is 0.681. The number of unbranched alkanes of at least 4 members (excludes halogenated alkanes) is 22. The summed E-state index contributed by atoms with van der Waals surface area (Å²) in [6.07, 6.45) is 40.5. The fourth-order valence-electron chi connectivity index (χ4n) is 8.21. The number of aromatic nitrogens is 2. The van der Waals surface area contributed by atoms with Gasteiger partial charge in [-0.3, -0.25) is 0 Å². The summed E-state index contributed by atoms with van der Waals surface area (Å²) in [6, 6.07) is 22.6. The summed E-state index contributed by atoms with van der Waals surface area (Å²) in [5, 5.41) is 0. The minimum Gasteiger partial charge on any atom is -0.247 e. The summed E-state index contributed by atoms with van der Waals surface area (Å²) < 4.78 is 2.59. The van der Waals surface area contributed by atoms with Crippen LogP contribution in [0.25, 0.3) is 0 Å². The number of hydrogen-bond acceptors (Lipinski definition) is 0. The van der Waals surface area contributed by atoms with Gasteiger partial charge in [-0.15, -0.1) is 0 Å². The summed E-state index contributed by atoms with van der Waals surface area (Å²) in [5.41, 5.74) is 2.91. The van der Waals surface area contributed by atoms with Crippen LogP contribution in [-0.4, -0.2) is 4.98 Å². The Morgan fingerprint density at radius 1 is 0.531 bits per heavy atom. The number of imidazole rings is 1. The largest absolute Gasteiger partial charge is 0.258 e.